The van der Waals surface area contributed by atoms with E-state index in [0.29, 0.717) is 38.4 Å². The first-order chi connectivity index (χ1) is 17.9. The number of amides is 1. The van der Waals surface area contributed by atoms with E-state index in [0.717, 1.165) is 22.4 Å². The summed E-state index contributed by atoms with van der Waals surface area (Å²) in [4.78, 5) is 18.1. The fourth-order valence-electron chi connectivity index (χ4n) is 3.73. The van der Waals surface area contributed by atoms with Gasteiger partial charge < -0.3 is 10.1 Å². The summed E-state index contributed by atoms with van der Waals surface area (Å²) >= 11 is 13.6. The van der Waals surface area contributed by atoms with Gasteiger partial charge in [0.1, 0.15) is 16.8 Å². The molecule has 0 aliphatic heterocycles. The van der Waals surface area contributed by atoms with Crippen LogP contribution in [0.3, 0.4) is 0 Å². The lowest BCUT2D eigenvalue weighted by molar-refractivity contribution is -0.115. The summed E-state index contributed by atoms with van der Waals surface area (Å²) in [7, 11) is 1.61. The molecule has 1 atom stereocenters. The van der Waals surface area contributed by atoms with Gasteiger partial charge in [-0.05, 0) is 48.4 Å². The van der Waals surface area contributed by atoms with Crippen LogP contribution >= 0.6 is 35.0 Å². The fourth-order valence-corrected chi connectivity index (χ4v) is 5.10. The molecule has 4 rings (SSSR count). The molecule has 0 spiro atoms. The molecule has 1 unspecified atom stereocenters. The number of nitriles is 1. The largest absolute Gasteiger partial charge is 0.497 e. The summed E-state index contributed by atoms with van der Waals surface area (Å²) in [5, 5.41) is 13.9. The Hall–Kier alpha value is -3.50. The van der Waals surface area contributed by atoms with Crippen LogP contribution in [-0.4, -0.2) is 23.3 Å². The lowest BCUT2D eigenvalue weighted by Crippen LogP contribution is -2.25. The number of aromatic nitrogens is 1. The number of nitrogens with zero attached hydrogens (tertiary/aromatic N) is 2. The standard InChI is InChI=1S/C29H23Cl2N3O2S/c1-3-27(28(35)33-26-15-20(30)11-14-24(26)31)37-29-23(17-32)22(18-9-12-21(36-2)13-10-18)16-25(34-29)19-7-5-4-6-8-19/h4-16,27H,3H2,1-2H3,(H,33,35). The molecule has 0 bridgehead atoms. The topological polar surface area (TPSA) is 75.0 Å². The molecule has 0 saturated carbocycles. The van der Waals surface area contributed by atoms with Crippen LogP contribution in [0.4, 0.5) is 5.69 Å². The Morgan fingerprint density at radius 2 is 1.78 bits per heavy atom. The molecule has 186 valence electrons. The van der Waals surface area contributed by atoms with Gasteiger partial charge in [0, 0.05) is 16.1 Å². The molecule has 4 aromatic rings. The predicted molar refractivity (Wildman–Crippen MR) is 151 cm³/mol. The number of benzene rings is 3. The van der Waals surface area contributed by atoms with Gasteiger partial charge in [-0.2, -0.15) is 5.26 Å². The molecule has 8 heteroatoms. The fraction of sp³-hybridized carbons (Fsp3) is 0.138. The molecule has 0 fully saturated rings. The SMILES string of the molecule is CCC(Sc1nc(-c2ccccc2)cc(-c2ccc(OC)cc2)c1C#N)C(=O)Nc1cc(Cl)ccc1Cl. The van der Waals surface area contributed by atoms with E-state index in [2.05, 4.69) is 11.4 Å². The number of nitrogens with one attached hydrogen (secondary N) is 1. The van der Waals surface area contributed by atoms with Gasteiger partial charge in [-0.15, -0.1) is 0 Å². The van der Waals surface area contributed by atoms with Gasteiger partial charge >= 0.3 is 0 Å². The number of anilines is 1. The number of methoxy groups -OCH3 is 1. The summed E-state index contributed by atoms with van der Waals surface area (Å²) in [6, 6.07) is 26.4. The Balaban J connectivity index is 1.76. The van der Waals surface area contributed by atoms with Crippen molar-refractivity contribution >= 4 is 46.6 Å². The molecule has 5 nitrogen and oxygen atoms in total. The van der Waals surface area contributed by atoms with E-state index in [4.69, 9.17) is 32.9 Å². The third-order valence-electron chi connectivity index (χ3n) is 5.67. The van der Waals surface area contributed by atoms with Crippen molar-refractivity contribution in [3.63, 3.8) is 0 Å². The number of thioether (sulfide) groups is 1. The van der Waals surface area contributed by atoms with Crippen LogP contribution in [-0.2, 0) is 4.79 Å². The van der Waals surface area contributed by atoms with Crippen molar-refractivity contribution in [2.45, 2.75) is 23.6 Å². The number of rotatable bonds is 8. The van der Waals surface area contributed by atoms with Gasteiger partial charge in [-0.3, -0.25) is 4.79 Å². The number of hydrogen-bond acceptors (Lipinski definition) is 5. The predicted octanol–water partition coefficient (Wildman–Crippen LogP) is 8.11. The average Bonchev–Trinajstić information content (AvgIpc) is 2.93. The van der Waals surface area contributed by atoms with Gasteiger partial charge in [-0.1, -0.05) is 84.4 Å². The van der Waals surface area contributed by atoms with E-state index in [-0.39, 0.29) is 5.91 Å². The second-order valence-corrected chi connectivity index (χ2v) is 10.1. The number of hydrogen-bond donors (Lipinski definition) is 1. The molecule has 0 aliphatic rings. The van der Waals surface area contributed by atoms with Crippen molar-refractivity contribution in [1.82, 2.24) is 4.98 Å². The second-order valence-electron chi connectivity index (χ2n) is 8.07. The van der Waals surface area contributed by atoms with Gasteiger partial charge in [0.15, 0.2) is 0 Å². The van der Waals surface area contributed by atoms with Crippen molar-refractivity contribution in [1.29, 1.82) is 5.26 Å². The van der Waals surface area contributed by atoms with Crippen molar-refractivity contribution < 1.29 is 9.53 Å². The van der Waals surface area contributed by atoms with Crippen molar-refractivity contribution in [2.24, 2.45) is 0 Å². The highest BCUT2D eigenvalue weighted by atomic mass is 35.5. The molecule has 1 N–H and O–H groups in total. The Kier molecular flexibility index (Phi) is 8.73. The smallest absolute Gasteiger partial charge is 0.237 e. The zero-order valence-corrected chi connectivity index (χ0v) is 22.5. The minimum Gasteiger partial charge on any atom is -0.497 e. The molecule has 37 heavy (non-hydrogen) atoms. The first-order valence-electron chi connectivity index (χ1n) is 11.5. The van der Waals surface area contributed by atoms with Crippen LogP contribution in [0.1, 0.15) is 18.9 Å². The lowest BCUT2D eigenvalue weighted by atomic mass is 9.99. The van der Waals surface area contributed by atoms with Gasteiger partial charge in [0.25, 0.3) is 0 Å². The minimum absolute atomic E-state index is 0.251. The van der Waals surface area contributed by atoms with Crippen LogP contribution < -0.4 is 10.1 Å². The highest BCUT2D eigenvalue weighted by Gasteiger charge is 2.24. The molecule has 0 radical (unpaired) electrons. The van der Waals surface area contributed by atoms with E-state index in [1.54, 1.807) is 25.3 Å². The molecule has 1 heterocycles. The summed E-state index contributed by atoms with van der Waals surface area (Å²) in [6.07, 6.45) is 0.509. The molecule has 3 aromatic carbocycles. The van der Waals surface area contributed by atoms with Crippen molar-refractivity contribution in [3.05, 3.63) is 94.5 Å². The maximum Gasteiger partial charge on any atom is 0.237 e. The molecule has 1 aromatic heterocycles. The Morgan fingerprint density at radius 3 is 2.43 bits per heavy atom. The molecule has 1 amide bonds. The Labute approximate surface area is 230 Å². The summed E-state index contributed by atoms with van der Waals surface area (Å²) in [5.74, 6) is 0.468. The summed E-state index contributed by atoms with van der Waals surface area (Å²) in [5.41, 5.74) is 4.04. The van der Waals surface area contributed by atoms with E-state index in [1.165, 1.54) is 11.8 Å². The number of pyridine rings is 1. The number of carbonyl (C=O) groups is 1. The first kappa shape index (κ1) is 26.6. The Morgan fingerprint density at radius 1 is 1.05 bits per heavy atom. The molecular formula is C29H23Cl2N3O2S. The number of ether oxygens (including phenoxy) is 1. The van der Waals surface area contributed by atoms with Gasteiger partial charge in [0.2, 0.25) is 5.91 Å². The molecule has 0 aliphatic carbocycles. The van der Waals surface area contributed by atoms with E-state index < -0.39 is 5.25 Å². The van der Waals surface area contributed by atoms with Crippen LogP contribution in [0, 0.1) is 11.3 Å². The number of carbonyl (C=O) groups excluding carboxylic acids is 1. The highest BCUT2D eigenvalue weighted by Crippen LogP contribution is 2.37. The van der Waals surface area contributed by atoms with Crippen LogP contribution in [0.15, 0.2) is 83.9 Å². The molecule has 0 saturated heterocycles. The van der Waals surface area contributed by atoms with E-state index in [1.807, 2.05) is 67.6 Å². The third-order valence-corrected chi connectivity index (χ3v) is 7.59. The average molecular weight is 548 g/mol. The van der Waals surface area contributed by atoms with Crippen LogP contribution in [0.2, 0.25) is 10.0 Å². The van der Waals surface area contributed by atoms with E-state index >= 15 is 0 Å². The maximum absolute atomic E-state index is 13.2. The maximum atomic E-state index is 13.2. The molecular weight excluding hydrogens is 525 g/mol. The third kappa shape index (κ3) is 6.26. The normalized spacial score (nSPS) is 11.4. The lowest BCUT2D eigenvalue weighted by Gasteiger charge is -2.18. The van der Waals surface area contributed by atoms with Gasteiger partial charge in [0.05, 0.1) is 34.3 Å². The second kappa shape index (κ2) is 12.2. The van der Waals surface area contributed by atoms with Gasteiger partial charge in [-0.25, -0.2) is 4.98 Å². The minimum atomic E-state index is -0.524. The summed E-state index contributed by atoms with van der Waals surface area (Å²) < 4.78 is 5.29. The monoisotopic (exact) mass is 547 g/mol. The first-order valence-corrected chi connectivity index (χ1v) is 13.1. The van der Waals surface area contributed by atoms with E-state index in [9.17, 15) is 10.1 Å². The van der Waals surface area contributed by atoms with Crippen LogP contribution in [0.5, 0.6) is 5.75 Å². The quantitative estimate of drug-likeness (QED) is 0.225. The van der Waals surface area contributed by atoms with Crippen molar-refractivity contribution in [3.8, 4) is 34.2 Å². The highest BCUT2D eigenvalue weighted by molar-refractivity contribution is 8.00. The zero-order valence-electron chi connectivity index (χ0n) is 20.2. The van der Waals surface area contributed by atoms with Crippen LogP contribution in [0.25, 0.3) is 22.4 Å². The van der Waals surface area contributed by atoms with Crippen molar-refractivity contribution in [2.75, 3.05) is 12.4 Å². The number of halogens is 2. The Bertz CT molecular complexity index is 1450. The summed E-state index contributed by atoms with van der Waals surface area (Å²) in [6.45, 7) is 1.91. The zero-order chi connectivity index (χ0) is 26.4.